The second-order valence-corrected chi connectivity index (χ2v) is 4.57. The van der Waals surface area contributed by atoms with E-state index in [2.05, 4.69) is 20.8 Å². The first-order chi connectivity index (χ1) is 9.60. The molecule has 0 unspecified atom stereocenters. The molecule has 0 saturated heterocycles. The lowest BCUT2D eigenvalue weighted by molar-refractivity contribution is 0.0949. The number of hydrogen-bond acceptors (Lipinski definition) is 5. The van der Waals surface area contributed by atoms with Gasteiger partial charge in [-0.3, -0.25) is 9.48 Å². The first-order valence-electron chi connectivity index (χ1n) is 6.00. The maximum Gasteiger partial charge on any atom is 0.271 e. The number of carbonyl (C=O) groups is 1. The van der Waals surface area contributed by atoms with Gasteiger partial charge >= 0.3 is 0 Å². The van der Waals surface area contributed by atoms with Crippen molar-refractivity contribution in [2.75, 3.05) is 12.0 Å². The van der Waals surface area contributed by atoms with Crippen LogP contribution < -0.4 is 16.6 Å². The Morgan fingerprint density at radius 1 is 1.45 bits per heavy atom. The van der Waals surface area contributed by atoms with Crippen LogP contribution in [0.15, 0.2) is 24.4 Å². The number of nitrogens with zero attached hydrogens (tertiary/aromatic N) is 3. The number of nitrogens with two attached hydrogens (primary N) is 1. The highest BCUT2D eigenvalue weighted by Crippen LogP contribution is 2.15. The summed E-state index contributed by atoms with van der Waals surface area (Å²) in [5.41, 5.74) is 3.42. The molecule has 2 aromatic rings. The summed E-state index contributed by atoms with van der Waals surface area (Å²) in [6.07, 6.45) is 2.49. The average molecular weight is 295 g/mol. The molecule has 1 amide bonds. The fourth-order valence-electron chi connectivity index (χ4n) is 1.67. The average Bonchev–Trinajstić information content (AvgIpc) is 2.85. The van der Waals surface area contributed by atoms with Crippen molar-refractivity contribution in [2.24, 2.45) is 12.9 Å². The number of pyridine rings is 1. The van der Waals surface area contributed by atoms with Gasteiger partial charge in [0.15, 0.2) is 0 Å². The van der Waals surface area contributed by atoms with Crippen LogP contribution in [0.3, 0.4) is 0 Å². The number of amides is 1. The topological polar surface area (TPSA) is 97.9 Å². The minimum Gasteiger partial charge on any atom is -0.350 e. The van der Waals surface area contributed by atoms with Crippen LogP contribution in [0.4, 0.5) is 5.82 Å². The van der Waals surface area contributed by atoms with Crippen molar-refractivity contribution in [3.05, 3.63) is 40.8 Å². The molecule has 2 aromatic heterocycles. The van der Waals surface area contributed by atoms with Gasteiger partial charge in [0.25, 0.3) is 5.91 Å². The first-order valence-corrected chi connectivity index (χ1v) is 6.38. The quantitative estimate of drug-likeness (QED) is 0.558. The molecule has 0 aliphatic rings. The molecule has 0 bridgehead atoms. The highest BCUT2D eigenvalue weighted by molar-refractivity contribution is 6.33. The van der Waals surface area contributed by atoms with Gasteiger partial charge in [0.05, 0.1) is 10.7 Å². The van der Waals surface area contributed by atoms with Gasteiger partial charge in [-0.05, 0) is 18.2 Å². The zero-order chi connectivity index (χ0) is 14.5. The Hall–Kier alpha value is -2.12. The predicted molar refractivity (Wildman–Crippen MR) is 76.3 cm³/mol. The van der Waals surface area contributed by atoms with Gasteiger partial charge in [-0.1, -0.05) is 11.6 Å². The molecule has 106 valence electrons. The summed E-state index contributed by atoms with van der Waals surface area (Å²) in [5.74, 6) is 5.28. The van der Waals surface area contributed by atoms with Crippen molar-refractivity contribution in [2.45, 2.75) is 6.42 Å². The Morgan fingerprint density at radius 3 is 2.90 bits per heavy atom. The number of rotatable bonds is 5. The SMILES string of the molecule is Cn1ccc(CCNC(=O)c2nc(NN)ccc2Cl)n1. The van der Waals surface area contributed by atoms with Gasteiger partial charge in [-0.2, -0.15) is 5.10 Å². The molecular weight excluding hydrogens is 280 g/mol. The third-order valence-electron chi connectivity index (χ3n) is 2.64. The van der Waals surface area contributed by atoms with E-state index in [1.54, 1.807) is 16.8 Å². The Morgan fingerprint density at radius 2 is 2.25 bits per heavy atom. The zero-order valence-corrected chi connectivity index (χ0v) is 11.7. The first kappa shape index (κ1) is 14.3. The Kier molecular flexibility index (Phi) is 4.54. The zero-order valence-electron chi connectivity index (χ0n) is 10.9. The van der Waals surface area contributed by atoms with Crippen LogP contribution in [-0.2, 0) is 13.5 Å². The van der Waals surface area contributed by atoms with E-state index >= 15 is 0 Å². The van der Waals surface area contributed by atoms with Crippen molar-refractivity contribution in [3.63, 3.8) is 0 Å². The van der Waals surface area contributed by atoms with Crippen LogP contribution in [0, 0.1) is 0 Å². The van der Waals surface area contributed by atoms with E-state index in [4.69, 9.17) is 17.4 Å². The van der Waals surface area contributed by atoms with Crippen molar-refractivity contribution < 1.29 is 4.79 Å². The number of carbonyl (C=O) groups excluding carboxylic acids is 1. The second-order valence-electron chi connectivity index (χ2n) is 4.16. The number of nitrogen functional groups attached to an aromatic ring is 1. The van der Waals surface area contributed by atoms with Crippen LogP contribution in [0.5, 0.6) is 0 Å². The smallest absolute Gasteiger partial charge is 0.271 e. The highest BCUT2D eigenvalue weighted by Gasteiger charge is 2.12. The fourth-order valence-corrected chi connectivity index (χ4v) is 1.86. The van der Waals surface area contributed by atoms with Gasteiger partial charge in [0, 0.05) is 26.2 Å². The van der Waals surface area contributed by atoms with Crippen molar-refractivity contribution >= 4 is 23.3 Å². The Balaban J connectivity index is 1.94. The molecular formula is C12H15ClN6O. The van der Waals surface area contributed by atoms with E-state index in [9.17, 15) is 4.79 Å². The molecule has 4 N–H and O–H groups in total. The van der Waals surface area contributed by atoms with Crippen LogP contribution >= 0.6 is 11.6 Å². The molecule has 8 heteroatoms. The van der Waals surface area contributed by atoms with Crippen LogP contribution in [-0.4, -0.2) is 27.2 Å². The molecule has 2 rings (SSSR count). The summed E-state index contributed by atoms with van der Waals surface area (Å²) in [7, 11) is 1.84. The summed E-state index contributed by atoms with van der Waals surface area (Å²) in [6.45, 7) is 0.453. The lowest BCUT2D eigenvalue weighted by atomic mass is 10.3. The van der Waals surface area contributed by atoms with E-state index in [-0.39, 0.29) is 16.6 Å². The van der Waals surface area contributed by atoms with Crippen molar-refractivity contribution in [3.8, 4) is 0 Å². The number of aromatic nitrogens is 3. The predicted octanol–water partition coefficient (Wildman–Crippen LogP) is 0.727. The number of aryl methyl sites for hydroxylation is 1. The Labute approximate surface area is 121 Å². The fraction of sp³-hybridized carbons (Fsp3) is 0.250. The monoisotopic (exact) mass is 294 g/mol. The van der Waals surface area contributed by atoms with Crippen LogP contribution in [0.2, 0.25) is 5.02 Å². The molecule has 0 atom stereocenters. The third kappa shape index (κ3) is 3.46. The van der Waals surface area contributed by atoms with Crippen molar-refractivity contribution in [1.82, 2.24) is 20.1 Å². The molecule has 0 aliphatic carbocycles. The number of hydrazine groups is 1. The molecule has 0 radical (unpaired) electrons. The second kappa shape index (κ2) is 6.36. The minimum atomic E-state index is -0.344. The van der Waals surface area contributed by atoms with Crippen molar-refractivity contribution in [1.29, 1.82) is 0 Å². The van der Waals surface area contributed by atoms with Gasteiger partial charge in [0.2, 0.25) is 0 Å². The van der Waals surface area contributed by atoms with E-state index < -0.39 is 0 Å². The number of halogens is 1. The van der Waals surface area contributed by atoms with E-state index in [0.29, 0.717) is 18.8 Å². The highest BCUT2D eigenvalue weighted by atomic mass is 35.5. The minimum absolute atomic E-state index is 0.142. The molecule has 0 spiro atoms. The van der Waals surface area contributed by atoms with Gasteiger partial charge in [-0.15, -0.1) is 0 Å². The van der Waals surface area contributed by atoms with Crippen LogP contribution in [0.25, 0.3) is 0 Å². The molecule has 7 nitrogen and oxygen atoms in total. The lowest BCUT2D eigenvalue weighted by Crippen LogP contribution is -2.27. The molecule has 2 heterocycles. The standard InChI is InChI=1S/C12H15ClN6O/c1-19-7-5-8(18-19)4-6-15-12(20)11-9(13)2-3-10(16-11)17-14/h2-3,5,7H,4,6,14H2,1H3,(H,15,20)(H,16,17). The lowest BCUT2D eigenvalue weighted by Gasteiger charge is -2.07. The van der Waals surface area contributed by atoms with E-state index in [1.807, 2.05) is 19.3 Å². The number of anilines is 1. The molecule has 0 saturated carbocycles. The number of nitrogens with one attached hydrogen (secondary N) is 2. The maximum atomic E-state index is 12.0. The Bertz CT molecular complexity index is 612. The van der Waals surface area contributed by atoms with Gasteiger partial charge in [0.1, 0.15) is 11.5 Å². The molecule has 20 heavy (non-hydrogen) atoms. The summed E-state index contributed by atoms with van der Waals surface area (Å²) < 4.78 is 1.71. The molecule has 0 fully saturated rings. The maximum absolute atomic E-state index is 12.0. The van der Waals surface area contributed by atoms with Crippen LogP contribution in [0.1, 0.15) is 16.2 Å². The summed E-state index contributed by atoms with van der Waals surface area (Å²) in [5, 5.41) is 7.24. The number of hydrogen-bond donors (Lipinski definition) is 3. The summed E-state index contributed by atoms with van der Waals surface area (Å²) in [6, 6.07) is 5.06. The molecule has 0 aliphatic heterocycles. The van der Waals surface area contributed by atoms with E-state index in [1.165, 1.54) is 0 Å². The summed E-state index contributed by atoms with van der Waals surface area (Å²) in [4.78, 5) is 16.0. The van der Waals surface area contributed by atoms with Gasteiger partial charge in [-0.25, -0.2) is 10.8 Å². The largest absolute Gasteiger partial charge is 0.350 e. The van der Waals surface area contributed by atoms with E-state index in [0.717, 1.165) is 5.69 Å². The summed E-state index contributed by atoms with van der Waals surface area (Å²) >= 11 is 5.94. The molecule has 0 aromatic carbocycles. The van der Waals surface area contributed by atoms with Gasteiger partial charge < -0.3 is 10.7 Å². The normalized spacial score (nSPS) is 10.3. The third-order valence-corrected chi connectivity index (χ3v) is 2.95.